The quantitative estimate of drug-likeness (QED) is 0.0211. The number of phosphoric ester groups is 1. The van der Waals surface area contributed by atoms with E-state index in [1.54, 1.807) is 0 Å². The molecule has 0 bridgehead atoms. The van der Waals surface area contributed by atoms with Crippen molar-refractivity contribution in [2.75, 3.05) is 47.5 Å². The Morgan fingerprint density at radius 3 is 0.930 bits per heavy atom. The molecule has 0 aromatic heterocycles. The first kappa shape index (κ1) is 81.9. The highest BCUT2D eigenvalue weighted by molar-refractivity contribution is 7.47. The predicted molar refractivity (Wildman–Crippen MR) is 371 cm³/mol. The average molecular weight is 1220 g/mol. The minimum absolute atomic E-state index is 0.0229. The Hall–Kier alpha value is -4.11. The molecule has 490 valence electrons. The van der Waals surface area contributed by atoms with Gasteiger partial charge in [0.2, 0.25) is 0 Å². The Morgan fingerprint density at radius 2 is 0.628 bits per heavy atom. The molecule has 0 saturated heterocycles. The lowest BCUT2D eigenvalue weighted by atomic mass is 10.0. The van der Waals surface area contributed by atoms with Gasteiger partial charge in [-0.05, 0) is 116 Å². The van der Waals surface area contributed by atoms with Crippen LogP contribution in [0.3, 0.4) is 0 Å². The number of unbranched alkanes of at least 4 members (excludes halogenated alkanes) is 24. The van der Waals surface area contributed by atoms with Crippen LogP contribution in [0.15, 0.2) is 146 Å². The van der Waals surface area contributed by atoms with Crippen LogP contribution in [0.1, 0.15) is 271 Å². The first-order valence-corrected chi connectivity index (χ1v) is 36.1. The van der Waals surface area contributed by atoms with Crippen LogP contribution in [0.4, 0.5) is 0 Å². The first-order chi connectivity index (χ1) is 42.0. The van der Waals surface area contributed by atoms with Gasteiger partial charge in [0.25, 0.3) is 0 Å². The zero-order chi connectivity index (χ0) is 62.6. The number of hydrogen-bond donors (Lipinski definition) is 1. The third-order valence-electron chi connectivity index (χ3n) is 14.4. The molecule has 0 radical (unpaired) electrons. The molecular formula is C76H129NO8P+. The van der Waals surface area contributed by atoms with Crippen molar-refractivity contribution >= 4 is 19.8 Å². The third-order valence-corrected chi connectivity index (χ3v) is 15.3. The average Bonchev–Trinajstić information content (AvgIpc) is 3.67. The van der Waals surface area contributed by atoms with Crippen molar-refractivity contribution in [2.45, 2.75) is 277 Å². The second-order valence-corrected chi connectivity index (χ2v) is 25.3. The van der Waals surface area contributed by atoms with E-state index in [1.807, 2.05) is 21.1 Å². The molecule has 0 aliphatic rings. The first-order valence-electron chi connectivity index (χ1n) is 34.6. The van der Waals surface area contributed by atoms with E-state index in [4.69, 9.17) is 18.5 Å². The van der Waals surface area contributed by atoms with Gasteiger partial charge in [0.05, 0.1) is 27.7 Å². The largest absolute Gasteiger partial charge is 0.472 e. The summed E-state index contributed by atoms with van der Waals surface area (Å²) in [7, 11) is 1.46. The molecule has 0 aliphatic carbocycles. The van der Waals surface area contributed by atoms with Crippen LogP contribution in [-0.2, 0) is 32.7 Å². The normalized spacial score (nSPS) is 14.1. The molecule has 0 amide bonds. The van der Waals surface area contributed by atoms with E-state index in [0.29, 0.717) is 17.4 Å². The minimum atomic E-state index is -4.40. The molecule has 0 heterocycles. The molecule has 0 spiro atoms. The van der Waals surface area contributed by atoms with E-state index in [-0.39, 0.29) is 32.0 Å². The van der Waals surface area contributed by atoms with E-state index in [1.165, 1.54) is 116 Å². The fourth-order valence-electron chi connectivity index (χ4n) is 9.14. The molecule has 0 saturated carbocycles. The summed E-state index contributed by atoms with van der Waals surface area (Å²) < 4.78 is 34.7. The van der Waals surface area contributed by atoms with Crippen LogP contribution < -0.4 is 0 Å². The minimum Gasteiger partial charge on any atom is -0.462 e. The number of rotatable bonds is 62. The SMILES string of the molecule is CC/C=C\C/C=C\C/C=C\C/C=C\C/C=C\C/C=C\C/C=C\CCCCCCCCCC(=O)OC(COC(=O)CCCCCCCCCCCCCCCCCCC/C=C\C/C=C\C/C=C\C/C=C\C/C=C\CC)COP(=O)(O)OCC[N+](C)(C)C. The number of carbonyl (C=O) groups is 2. The van der Waals surface area contributed by atoms with E-state index in [0.717, 1.165) is 122 Å². The lowest BCUT2D eigenvalue weighted by Crippen LogP contribution is -2.37. The third kappa shape index (κ3) is 69.0. The predicted octanol–water partition coefficient (Wildman–Crippen LogP) is 22.6. The summed E-state index contributed by atoms with van der Waals surface area (Å²) in [5.41, 5.74) is 0. The molecule has 0 aromatic rings. The molecule has 0 fully saturated rings. The van der Waals surface area contributed by atoms with E-state index in [2.05, 4.69) is 160 Å². The second kappa shape index (κ2) is 65.3. The Kier molecular flexibility index (Phi) is 62.2. The molecule has 0 rings (SSSR count). The Morgan fingerprint density at radius 1 is 0.360 bits per heavy atom. The lowest BCUT2D eigenvalue weighted by Gasteiger charge is -2.24. The maximum absolute atomic E-state index is 12.9. The summed E-state index contributed by atoms with van der Waals surface area (Å²) >= 11 is 0. The van der Waals surface area contributed by atoms with Crippen LogP contribution in [0.2, 0.25) is 0 Å². The lowest BCUT2D eigenvalue weighted by molar-refractivity contribution is -0.870. The maximum Gasteiger partial charge on any atom is 0.472 e. The Labute approximate surface area is 529 Å². The van der Waals surface area contributed by atoms with Crippen molar-refractivity contribution in [3.05, 3.63) is 146 Å². The van der Waals surface area contributed by atoms with Crippen molar-refractivity contribution < 1.29 is 42.1 Å². The van der Waals surface area contributed by atoms with Crippen LogP contribution in [0.5, 0.6) is 0 Å². The number of phosphoric acid groups is 1. The van der Waals surface area contributed by atoms with Gasteiger partial charge in [0.15, 0.2) is 6.10 Å². The number of esters is 2. The molecular weight excluding hydrogens is 1090 g/mol. The number of likely N-dealkylation sites (N-methyl/N-ethyl adjacent to an activating group) is 1. The zero-order valence-electron chi connectivity index (χ0n) is 55.7. The fourth-order valence-corrected chi connectivity index (χ4v) is 9.88. The summed E-state index contributed by atoms with van der Waals surface area (Å²) in [6, 6.07) is 0. The number of quaternary nitrogens is 1. The highest BCUT2D eigenvalue weighted by Crippen LogP contribution is 2.43. The number of nitrogens with zero attached hydrogens (tertiary/aromatic N) is 1. The van der Waals surface area contributed by atoms with Crippen LogP contribution in [0, 0.1) is 0 Å². The summed E-state index contributed by atoms with van der Waals surface area (Å²) in [6.07, 6.45) is 96.5. The van der Waals surface area contributed by atoms with Crippen molar-refractivity contribution in [1.29, 1.82) is 0 Å². The molecule has 10 heteroatoms. The zero-order valence-corrected chi connectivity index (χ0v) is 56.6. The monoisotopic (exact) mass is 1210 g/mol. The van der Waals surface area contributed by atoms with Crippen molar-refractivity contribution in [2.24, 2.45) is 0 Å². The fraction of sp³-hybridized carbons (Fsp3) is 0.658. The summed E-state index contributed by atoms with van der Waals surface area (Å²) in [5.74, 6) is -0.812. The molecule has 2 unspecified atom stereocenters. The summed E-state index contributed by atoms with van der Waals surface area (Å²) in [6.45, 7) is 4.20. The van der Waals surface area contributed by atoms with Crippen LogP contribution >= 0.6 is 7.82 Å². The number of allylic oxidation sites excluding steroid dienone is 24. The van der Waals surface area contributed by atoms with Gasteiger partial charge in [-0.15, -0.1) is 0 Å². The Balaban J connectivity index is 4.10. The standard InChI is InChI=1S/C76H128NO8P/c1-6-8-10-12-14-16-18-20-22-24-26-28-30-32-34-36-37-38-39-41-42-44-46-48-50-52-54-56-58-60-62-64-66-68-75(78)82-72-74(73-84-86(80,81)83-71-70-77(3,4)5)85-76(79)69-67-65-63-61-59-57-55-53-51-49-47-45-43-40-35-33-31-29-27-25-23-21-19-17-15-13-11-9-7-2/h8-11,14-17,20-23,26-29,32-35,43,45,49,51,74H,6-7,12-13,18-19,24-25,30-31,36-42,44,46-48,50,52-73H2,1-5H3/p+1/b10-8-,11-9-,16-14-,17-15-,22-20-,23-21-,28-26-,29-27-,34-32-,35-33-,45-43-,51-49-. The smallest absolute Gasteiger partial charge is 0.462 e. The van der Waals surface area contributed by atoms with Crippen molar-refractivity contribution in [1.82, 2.24) is 0 Å². The van der Waals surface area contributed by atoms with Crippen molar-refractivity contribution in [3.63, 3.8) is 0 Å². The molecule has 2 atom stereocenters. The van der Waals surface area contributed by atoms with Gasteiger partial charge >= 0.3 is 19.8 Å². The molecule has 0 aliphatic heterocycles. The highest BCUT2D eigenvalue weighted by Gasteiger charge is 2.27. The van der Waals surface area contributed by atoms with Gasteiger partial charge < -0.3 is 18.9 Å². The second-order valence-electron chi connectivity index (χ2n) is 23.8. The molecule has 86 heavy (non-hydrogen) atoms. The van der Waals surface area contributed by atoms with E-state index in [9.17, 15) is 19.0 Å². The summed E-state index contributed by atoms with van der Waals surface area (Å²) in [4.78, 5) is 35.9. The van der Waals surface area contributed by atoms with Crippen molar-refractivity contribution in [3.8, 4) is 0 Å². The van der Waals surface area contributed by atoms with E-state index < -0.39 is 26.5 Å². The molecule has 1 N–H and O–H groups in total. The van der Waals surface area contributed by atoms with Gasteiger partial charge in [-0.2, -0.15) is 0 Å². The van der Waals surface area contributed by atoms with Gasteiger partial charge in [0.1, 0.15) is 19.8 Å². The number of hydrogen-bond acceptors (Lipinski definition) is 7. The van der Waals surface area contributed by atoms with Gasteiger partial charge in [-0.25, -0.2) is 4.57 Å². The van der Waals surface area contributed by atoms with Gasteiger partial charge in [0, 0.05) is 12.8 Å². The number of carbonyl (C=O) groups excluding carboxylic acids is 2. The van der Waals surface area contributed by atoms with Gasteiger partial charge in [-0.1, -0.05) is 288 Å². The topological polar surface area (TPSA) is 108 Å². The molecule has 0 aromatic carbocycles. The Bertz CT molecular complexity index is 1960. The highest BCUT2D eigenvalue weighted by atomic mass is 31.2. The van der Waals surface area contributed by atoms with E-state index >= 15 is 0 Å². The number of ether oxygens (including phenoxy) is 2. The van der Waals surface area contributed by atoms with Gasteiger partial charge in [-0.3, -0.25) is 18.6 Å². The van der Waals surface area contributed by atoms with Crippen LogP contribution in [0.25, 0.3) is 0 Å². The maximum atomic E-state index is 12.9. The molecule has 9 nitrogen and oxygen atoms in total. The summed E-state index contributed by atoms with van der Waals surface area (Å²) in [5, 5.41) is 0. The van der Waals surface area contributed by atoms with Crippen LogP contribution in [-0.4, -0.2) is 74.9 Å².